The van der Waals surface area contributed by atoms with E-state index in [0.717, 1.165) is 13.1 Å². The standard InChI is InChI=1S/C12H15N5O2/c1-7-4-13-5-8(7)12-16-11(17-19-12)9-3-10(18-2)15-6-14-9/h3,6-8,13H,4-5H2,1-2H3/t7-,8-/m1/s1. The number of methoxy groups -OCH3 is 1. The number of hydrogen-bond donors (Lipinski definition) is 1. The van der Waals surface area contributed by atoms with Crippen molar-refractivity contribution < 1.29 is 9.26 Å². The number of aromatic nitrogens is 4. The molecule has 0 bridgehead atoms. The molecule has 0 aliphatic carbocycles. The second kappa shape index (κ2) is 4.93. The van der Waals surface area contributed by atoms with E-state index in [-0.39, 0.29) is 5.92 Å². The van der Waals surface area contributed by atoms with Gasteiger partial charge in [-0.25, -0.2) is 9.97 Å². The van der Waals surface area contributed by atoms with Gasteiger partial charge in [0.05, 0.1) is 13.0 Å². The van der Waals surface area contributed by atoms with E-state index in [1.165, 1.54) is 6.33 Å². The molecule has 1 aliphatic rings. The van der Waals surface area contributed by atoms with E-state index in [0.29, 0.717) is 29.2 Å². The number of hydrogen-bond acceptors (Lipinski definition) is 7. The van der Waals surface area contributed by atoms with Crippen molar-refractivity contribution in [3.63, 3.8) is 0 Å². The molecule has 0 radical (unpaired) electrons. The van der Waals surface area contributed by atoms with Crippen LogP contribution in [0.5, 0.6) is 5.88 Å². The number of nitrogens with zero attached hydrogens (tertiary/aromatic N) is 4. The molecule has 19 heavy (non-hydrogen) atoms. The molecule has 100 valence electrons. The zero-order chi connectivity index (χ0) is 13.2. The third kappa shape index (κ3) is 2.28. The maximum Gasteiger partial charge on any atom is 0.231 e. The van der Waals surface area contributed by atoms with Crippen LogP contribution in [0.3, 0.4) is 0 Å². The minimum atomic E-state index is 0.269. The highest BCUT2D eigenvalue weighted by molar-refractivity contribution is 5.49. The minimum Gasteiger partial charge on any atom is -0.481 e. The Hall–Kier alpha value is -2.02. The Bertz CT molecular complexity index is 571. The Morgan fingerprint density at radius 3 is 3.00 bits per heavy atom. The van der Waals surface area contributed by atoms with Crippen molar-refractivity contribution in [1.82, 2.24) is 25.4 Å². The quantitative estimate of drug-likeness (QED) is 0.876. The van der Waals surface area contributed by atoms with Crippen LogP contribution in [-0.4, -0.2) is 40.3 Å². The maximum atomic E-state index is 5.34. The van der Waals surface area contributed by atoms with Crippen molar-refractivity contribution in [2.45, 2.75) is 12.8 Å². The van der Waals surface area contributed by atoms with E-state index in [1.54, 1.807) is 13.2 Å². The van der Waals surface area contributed by atoms with Gasteiger partial charge in [0.1, 0.15) is 12.0 Å². The lowest BCUT2D eigenvalue weighted by Crippen LogP contribution is -2.08. The molecule has 1 aliphatic heterocycles. The minimum absolute atomic E-state index is 0.269. The molecular weight excluding hydrogens is 246 g/mol. The Morgan fingerprint density at radius 1 is 1.37 bits per heavy atom. The summed E-state index contributed by atoms with van der Waals surface area (Å²) >= 11 is 0. The number of nitrogens with one attached hydrogen (secondary N) is 1. The summed E-state index contributed by atoms with van der Waals surface area (Å²) < 4.78 is 10.4. The van der Waals surface area contributed by atoms with Gasteiger partial charge in [0.25, 0.3) is 0 Å². The second-order valence-electron chi connectivity index (χ2n) is 4.64. The lowest BCUT2D eigenvalue weighted by atomic mass is 9.98. The van der Waals surface area contributed by atoms with Gasteiger partial charge in [-0.05, 0) is 12.5 Å². The average molecular weight is 261 g/mol. The Kier molecular flexibility index (Phi) is 3.12. The summed E-state index contributed by atoms with van der Waals surface area (Å²) in [4.78, 5) is 12.5. The van der Waals surface area contributed by atoms with Crippen LogP contribution in [0.2, 0.25) is 0 Å². The summed E-state index contributed by atoms with van der Waals surface area (Å²) in [6.07, 6.45) is 1.42. The highest BCUT2D eigenvalue weighted by Gasteiger charge is 2.29. The van der Waals surface area contributed by atoms with E-state index < -0.39 is 0 Å². The molecule has 1 fully saturated rings. The van der Waals surface area contributed by atoms with Crippen LogP contribution in [-0.2, 0) is 0 Å². The Balaban J connectivity index is 1.88. The van der Waals surface area contributed by atoms with Gasteiger partial charge < -0.3 is 14.6 Å². The van der Waals surface area contributed by atoms with Crippen LogP contribution in [0.25, 0.3) is 11.5 Å². The Labute approximate surface area is 110 Å². The smallest absolute Gasteiger partial charge is 0.231 e. The van der Waals surface area contributed by atoms with E-state index in [2.05, 4.69) is 32.3 Å². The maximum absolute atomic E-state index is 5.34. The van der Waals surface area contributed by atoms with Crippen molar-refractivity contribution in [1.29, 1.82) is 0 Å². The van der Waals surface area contributed by atoms with Gasteiger partial charge in [-0.2, -0.15) is 4.98 Å². The van der Waals surface area contributed by atoms with Crippen molar-refractivity contribution >= 4 is 0 Å². The molecular formula is C12H15N5O2. The van der Waals surface area contributed by atoms with Crippen molar-refractivity contribution in [2.24, 2.45) is 5.92 Å². The zero-order valence-electron chi connectivity index (χ0n) is 10.8. The first-order valence-electron chi connectivity index (χ1n) is 6.18. The van der Waals surface area contributed by atoms with Crippen molar-refractivity contribution in [2.75, 3.05) is 20.2 Å². The first kappa shape index (κ1) is 12.0. The van der Waals surface area contributed by atoms with Gasteiger partial charge >= 0.3 is 0 Å². The fourth-order valence-electron chi connectivity index (χ4n) is 2.20. The van der Waals surface area contributed by atoms with Gasteiger partial charge in [-0.15, -0.1) is 0 Å². The molecule has 0 unspecified atom stereocenters. The Morgan fingerprint density at radius 2 is 2.26 bits per heavy atom. The fraction of sp³-hybridized carbons (Fsp3) is 0.500. The molecule has 0 amide bonds. The molecule has 3 heterocycles. The third-order valence-electron chi connectivity index (χ3n) is 3.36. The van der Waals surface area contributed by atoms with Crippen LogP contribution in [0, 0.1) is 5.92 Å². The molecule has 7 heteroatoms. The highest BCUT2D eigenvalue weighted by Crippen LogP contribution is 2.27. The second-order valence-corrected chi connectivity index (χ2v) is 4.64. The summed E-state index contributed by atoms with van der Waals surface area (Å²) in [5.41, 5.74) is 0.598. The van der Waals surface area contributed by atoms with Gasteiger partial charge in [-0.1, -0.05) is 12.1 Å². The molecule has 3 rings (SSSR count). The van der Waals surface area contributed by atoms with E-state index in [1.807, 2.05) is 0 Å². The van der Waals surface area contributed by atoms with Crippen molar-refractivity contribution in [3.05, 3.63) is 18.3 Å². The fourth-order valence-corrected chi connectivity index (χ4v) is 2.20. The van der Waals surface area contributed by atoms with E-state index >= 15 is 0 Å². The predicted molar refractivity (Wildman–Crippen MR) is 66.7 cm³/mol. The van der Waals surface area contributed by atoms with Crippen LogP contribution in [0.4, 0.5) is 0 Å². The molecule has 2 aromatic rings. The summed E-state index contributed by atoms with van der Waals surface area (Å²) in [5.74, 6) is 2.37. The first-order chi connectivity index (χ1) is 9.28. The van der Waals surface area contributed by atoms with Crippen molar-refractivity contribution in [3.8, 4) is 17.4 Å². The topological polar surface area (TPSA) is 86.0 Å². The normalized spacial score (nSPS) is 22.6. The third-order valence-corrected chi connectivity index (χ3v) is 3.36. The molecule has 2 atom stereocenters. The number of rotatable bonds is 3. The lowest BCUT2D eigenvalue weighted by Gasteiger charge is -2.07. The van der Waals surface area contributed by atoms with Crippen LogP contribution in [0.15, 0.2) is 16.9 Å². The van der Waals surface area contributed by atoms with Crippen LogP contribution in [0.1, 0.15) is 18.7 Å². The molecule has 0 aromatic carbocycles. The van der Waals surface area contributed by atoms with Gasteiger partial charge in [-0.3, -0.25) is 0 Å². The highest BCUT2D eigenvalue weighted by atomic mass is 16.5. The summed E-state index contributed by atoms with van der Waals surface area (Å²) in [6.45, 7) is 4.02. The first-order valence-corrected chi connectivity index (χ1v) is 6.18. The SMILES string of the molecule is COc1cc(-c2noc([C@@H]3CNC[C@H]3C)n2)ncn1. The number of ether oxygens (including phenoxy) is 1. The molecule has 7 nitrogen and oxygen atoms in total. The molecule has 1 N–H and O–H groups in total. The van der Waals surface area contributed by atoms with E-state index in [4.69, 9.17) is 9.26 Å². The average Bonchev–Trinajstić information content (AvgIpc) is 3.07. The summed E-state index contributed by atoms with van der Waals surface area (Å²) in [6, 6.07) is 1.69. The van der Waals surface area contributed by atoms with Crippen LogP contribution < -0.4 is 10.1 Å². The molecule has 0 saturated carbocycles. The van der Waals surface area contributed by atoms with Crippen LogP contribution >= 0.6 is 0 Å². The monoisotopic (exact) mass is 261 g/mol. The van der Waals surface area contributed by atoms with E-state index in [9.17, 15) is 0 Å². The molecule has 1 saturated heterocycles. The lowest BCUT2D eigenvalue weighted by molar-refractivity contribution is 0.340. The zero-order valence-corrected chi connectivity index (χ0v) is 10.8. The van der Waals surface area contributed by atoms with Gasteiger partial charge in [0.15, 0.2) is 0 Å². The summed E-state index contributed by atoms with van der Waals surface area (Å²) in [5, 5.41) is 7.30. The predicted octanol–water partition coefficient (Wildman–Crippen LogP) is 0.858. The van der Waals surface area contributed by atoms with Gasteiger partial charge in [0.2, 0.25) is 17.6 Å². The van der Waals surface area contributed by atoms with Gasteiger partial charge in [0, 0.05) is 12.6 Å². The molecule has 0 spiro atoms. The summed E-state index contributed by atoms with van der Waals surface area (Å²) in [7, 11) is 1.56. The molecule has 2 aromatic heterocycles. The largest absolute Gasteiger partial charge is 0.481 e.